The molecule has 0 radical (unpaired) electrons. The molecule has 0 aromatic heterocycles. The van der Waals surface area contributed by atoms with Crippen molar-refractivity contribution in [2.45, 2.75) is 92.2 Å². The van der Waals surface area contributed by atoms with E-state index in [-0.39, 0.29) is 11.5 Å². The van der Waals surface area contributed by atoms with Crippen molar-refractivity contribution >= 4 is 0 Å². The predicted octanol–water partition coefficient (Wildman–Crippen LogP) is 5.02. The molecule has 1 N–H and O–H groups in total. The molecule has 0 aromatic rings. The molecule has 2 heteroatoms. The second kappa shape index (κ2) is 10.6. The molecule has 0 fully saturated rings. The first-order valence-electron chi connectivity index (χ1n) is 8.66. The van der Waals surface area contributed by atoms with Crippen molar-refractivity contribution in [3.63, 3.8) is 0 Å². The maximum absolute atomic E-state index is 5.86. The summed E-state index contributed by atoms with van der Waals surface area (Å²) in [4.78, 5) is 0. The molecular formula is C18H39NO. The van der Waals surface area contributed by atoms with Gasteiger partial charge in [-0.3, -0.25) is 0 Å². The average Bonchev–Trinajstić information content (AvgIpc) is 2.39. The number of ether oxygens (including phenoxy) is 1. The van der Waals surface area contributed by atoms with Crippen LogP contribution >= 0.6 is 0 Å². The van der Waals surface area contributed by atoms with Gasteiger partial charge in [0, 0.05) is 13.2 Å². The van der Waals surface area contributed by atoms with Crippen LogP contribution in [0, 0.1) is 11.3 Å². The number of hydrogen-bond acceptors (Lipinski definition) is 2. The molecule has 0 rings (SSSR count). The van der Waals surface area contributed by atoms with E-state index < -0.39 is 0 Å². The van der Waals surface area contributed by atoms with Crippen LogP contribution in [-0.2, 0) is 4.74 Å². The van der Waals surface area contributed by atoms with Crippen LogP contribution in [0.25, 0.3) is 0 Å². The first-order valence-corrected chi connectivity index (χ1v) is 8.66. The van der Waals surface area contributed by atoms with Crippen LogP contribution in [0.1, 0.15) is 80.1 Å². The lowest BCUT2D eigenvalue weighted by Crippen LogP contribution is -2.48. The van der Waals surface area contributed by atoms with E-state index in [2.05, 4.69) is 46.9 Å². The van der Waals surface area contributed by atoms with Crippen LogP contribution in [-0.4, -0.2) is 25.8 Å². The van der Waals surface area contributed by atoms with E-state index in [9.17, 15) is 0 Å². The molecule has 2 nitrogen and oxygen atoms in total. The minimum atomic E-state index is 0.184. The van der Waals surface area contributed by atoms with Crippen LogP contribution in [0.4, 0.5) is 0 Å². The highest BCUT2D eigenvalue weighted by molar-refractivity contribution is 4.87. The number of unbranched alkanes of at least 4 members (excludes halogenated alkanes) is 1. The van der Waals surface area contributed by atoms with E-state index in [0.717, 1.165) is 12.5 Å². The van der Waals surface area contributed by atoms with Gasteiger partial charge in [0.1, 0.15) is 0 Å². The fraction of sp³-hybridized carbons (Fsp3) is 1.00. The highest BCUT2D eigenvalue weighted by atomic mass is 16.5. The minimum absolute atomic E-state index is 0.184. The van der Waals surface area contributed by atoms with Crippen molar-refractivity contribution in [1.29, 1.82) is 0 Å². The molecule has 0 aliphatic heterocycles. The Labute approximate surface area is 128 Å². The lowest BCUT2D eigenvalue weighted by Gasteiger charge is -2.38. The Morgan fingerprint density at radius 2 is 1.70 bits per heavy atom. The fourth-order valence-electron chi connectivity index (χ4n) is 3.11. The second-order valence-corrected chi connectivity index (χ2v) is 7.24. The Morgan fingerprint density at radius 3 is 2.10 bits per heavy atom. The van der Waals surface area contributed by atoms with Crippen molar-refractivity contribution in [2.24, 2.45) is 11.3 Å². The smallest absolute Gasteiger partial charge is 0.0772 e. The largest absolute Gasteiger partial charge is 0.379 e. The third kappa shape index (κ3) is 7.64. The van der Waals surface area contributed by atoms with Crippen molar-refractivity contribution in [3.05, 3.63) is 0 Å². The molecule has 3 atom stereocenters. The molecule has 0 bridgehead atoms. The molecule has 122 valence electrons. The van der Waals surface area contributed by atoms with Gasteiger partial charge in [-0.05, 0) is 30.7 Å². The Balaban J connectivity index is 4.74. The third-order valence-electron chi connectivity index (χ3n) is 4.26. The number of rotatable bonds is 11. The Kier molecular flexibility index (Phi) is 10.6. The first kappa shape index (κ1) is 19.9. The second-order valence-electron chi connectivity index (χ2n) is 7.24. The summed E-state index contributed by atoms with van der Waals surface area (Å²) >= 11 is 0. The highest BCUT2D eigenvalue weighted by Gasteiger charge is 2.33. The van der Waals surface area contributed by atoms with Crippen molar-refractivity contribution in [3.8, 4) is 0 Å². The van der Waals surface area contributed by atoms with Crippen molar-refractivity contribution < 1.29 is 4.74 Å². The van der Waals surface area contributed by atoms with E-state index >= 15 is 0 Å². The van der Waals surface area contributed by atoms with E-state index in [4.69, 9.17) is 4.74 Å². The third-order valence-corrected chi connectivity index (χ3v) is 4.26. The zero-order valence-corrected chi connectivity index (χ0v) is 15.1. The zero-order chi connectivity index (χ0) is 15.6. The minimum Gasteiger partial charge on any atom is -0.379 e. The Bertz CT molecular complexity index is 222. The van der Waals surface area contributed by atoms with Crippen LogP contribution in [0.5, 0.6) is 0 Å². The van der Waals surface area contributed by atoms with Gasteiger partial charge >= 0.3 is 0 Å². The molecule has 0 aliphatic carbocycles. The normalized spacial score (nSPS) is 16.9. The Morgan fingerprint density at radius 1 is 1.05 bits per heavy atom. The molecule has 0 saturated carbocycles. The summed E-state index contributed by atoms with van der Waals surface area (Å²) in [6.45, 7) is 14.8. The molecule has 0 heterocycles. The average molecular weight is 286 g/mol. The van der Waals surface area contributed by atoms with Crippen molar-refractivity contribution in [1.82, 2.24) is 5.32 Å². The summed E-state index contributed by atoms with van der Waals surface area (Å²) in [6, 6.07) is 0.474. The van der Waals surface area contributed by atoms with Gasteiger partial charge in [0.25, 0.3) is 0 Å². The van der Waals surface area contributed by atoms with Gasteiger partial charge in [0.05, 0.1) is 6.10 Å². The zero-order valence-electron chi connectivity index (χ0n) is 15.1. The quantitative estimate of drug-likeness (QED) is 0.575. The van der Waals surface area contributed by atoms with Gasteiger partial charge in [0.2, 0.25) is 0 Å². The van der Waals surface area contributed by atoms with E-state index in [1.54, 1.807) is 0 Å². The summed E-state index contributed by atoms with van der Waals surface area (Å²) in [6.07, 6.45) is 8.00. The van der Waals surface area contributed by atoms with Gasteiger partial charge in [-0.25, -0.2) is 0 Å². The van der Waals surface area contributed by atoms with Crippen molar-refractivity contribution in [2.75, 3.05) is 13.7 Å². The summed E-state index contributed by atoms with van der Waals surface area (Å²) in [7, 11) is 1.86. The summed E-state index contributed by atoms with van der Waals surface area (Å²) in [5, 5.41) is 3.74. The van der Waals surface area contributed by atoms with Crippen LogP contribution in [0.3, 0.4) is 0 Å². The molecule has 0 aliphatic rings. The van der Waals surface area contributed by atoms with E-state index in [1.807, 2.05) is 7.11 Å². The SMILES string of the molecule is CCCCC(CC)CC(NCCC)C(OC)C(C)(C)C. The monoisotopic (exact) mass is 285 g/mol. The molecule has 3 unspecified atom stereocenters. The highest BCUT2D eigenvalue weighted by Crippen LogP contribution is 2.29. The summed E-state index contributed by atoms with van der Waals surface area (Å²) < 4.78 is 5.86. The lowest BCUT2D eigenvalue weighted by molar-refractivity contribution is -0.0173. The topological polar surface area (TPSA) is 21.3 Å². The van der Waals surface area contributed by atoms with E-state index in [0.29, 0.717) is 6.04 Å². The van der Waals surface area contributed by atoms with Gasteiger partial charge in [-0.1, -0.05) is 67.2 Å². The number of methoxy groups -OCH3 is 1. The molecule has 20 heavy (non-hydrogen) atoms. The van der Waals surface area contributed by atoms with Gasteiger partial charge < -0.3 is 10.1 Å². The maximum atomic E-state index is 5.86. The molecule has 0 amide bonds. The summed E-state index contributed by atoms with van der Waals surface area (Å²) in [5.41, 5.74) is 0.184. The number of hydrogen-bond donors (Lipinski definition) is 1. The standard InChI is InChI=1S/C18H39NO/c1-8-11-12-15(10-3)14-16(19-13-9-2)17(20-7)18(4,5)6/h15-17,19H,8-14H2,1-7H3. The molecular weight excluding hydrogens is 246 g/mol. The van der Waals surface area contributed by atoms with Gasteiger partial charge in [-0.15, -0.1) is 0 Å². The van der Waals surface area contributed by atoms with Crippen LogP contribution in [0.2, 0.25) is 0 Å². The Hall–Kier alpha value is -0.0800. The van der Waals surface area contributed by atoms with Gasteiger partial charge in [-0.2, -0.15) is 0 Å². The first-order chi connectivity index (χ1) is 9.40. The predicted molar refractivity (Wildman–Crippen MR) is 90.3 cm³/mol. The molecule has 0 aromatic carbocycles. The van der Waals surface area contributed by atoms with Crippen LogP contribution in [0.15, 0.2) is 0 Å². The van der Waals surface area contributed by atoms with Crippen LogP contribution < -0.4 is 5.32 Å². The van der Waals surface area contributed by atoms with Gasteiger partial charge in [0.15, 0.2) is 0 Å². The molecule has 0 saturated heterocycles. The fourth-order valence-corrected chi connectivity index (χ4v) is 3.11. The summed E-state index contributed by atoms with van der Waals surface area (Å²) in [5.74, 6) is 0.823. The maximum Gasteiger partial charge on any atom is 0.0772 e. The number of nitrogens with one attached hydrogen (secondary N) is 1. The lowest BCUT2D eigenvalue weighted by atomic mass is 9.80. The van der Waals surface area contributed by atoms with E-state index in [1.165, 1.54) is 38.5 Å². The molecule has 0 spiro atoms.